The Bertz CT molecular complexity index is 709. The fourth-order valence-electron chi connectivity index (χ4n) is 3.17. The van der Waals surface area contributed by atoms with Gasteiger partial charge < -0.3 is 15.8 Å². The number of imide groups is 1. The third kappa shape index (κ3) is 6.65. The molecular weight excluding hydrogens is 473 g/mol. The third-order valence-electron chi connectivity index (χ3n) is 4.49. The Kier molecular flexibility index (Phi) is 7.68. The quantitative estimate of drug-likeness (QED) is 0.603. The zero-order valence-corrected chi connectivity index (χ0v) is 18.7. The first-order valence-electron chi connectivity index (χ1n) is 9.43. The highest BCUT2D eigenvalue weighted by atomic mass is 127. The SMILES string of the molecule is CC(C)(C)OC(=O)N(C(=O)N[C@@H](Cc1ccc(I)cc1)C(N)=O)C1CCCC1. The van der Waals surface area contributed by atoms with E-state index in [0.29, 0.717) is 0 Å². The minimum atomic E-state index is -0.918. The number of halogens is 1. The van der Waals surface area contributed by atoms with Gasteiger partial charge in [0.25, 0.3) is 0 Å². The van der Waals surface area contributed by atoms with Crippen molar-refractivity contribution in [3.8, 4) is 0 Å². The topological polar surface area (TPSA) is 102 Å². The van der Waals surface area contributed by atoms with Gasteiger partial charge in [-0.15, -0.1) is 0 Å². The Hall–Kier alpha value is -1.84. The van der Waals surface area contributed by atoms with Crippen LogP contribution in [0, 0.1) is 3.57 Å². The number of amides is 4. The smallest absolute Gasteiger partial charge is 0.418 e. The van der Waals surface area contributed by atoms with Crippen molar-refractivity contribution in [3.05, 3.63) is 33.4 Å². The lowest BCUT2D eigenvalue weighted by Gasteiger charge is -2.31. The Balaban J connectivity index is 2.15. The highest BCUT2D eigenvalue weighted by Crippen LogP contribution is 2.25. The highest BCUT2D eigenvalue weighted by Gasteiger charge is 2.36. The van der Waals surface area contributed by atoms with Crippen LogP contribution in [0.25, 0.3) is 0 Å². The number of nitrogens with zero attached hydrogens (tertiary/aromatic N) is 1. The van der Waals surface area contributed by atoms with Crippen LogP contribution in [0.3, 0.4) is 0 Å². The molecule has 0 saturated heterocycles. The summed E-state index contributed by atoms with van der Waals surface area (Å²) in [7, 11) is 0. The standard InChI is InChI=1S/C20H28IN3O4/c1-20(2,3)28-19(27)24(15-6-4-5-7-15)18(26)23-16(17(22)25)12-13-8-10-14(21)11-9-13/h8-11,15-16H,4-7,12H2,1-3H3,(H2,22,25)(H,23,26)/t16-/m0/s1. The maximum absolute atomic E-state index is 12.9. The van der Waals surface area contributed by atoms with E-state index in [1.165, 1.54) is 0 Å². The van der Waals surface area contributed by atoms with E-state index < -0.39 is 29.7 Å². The molecule has 0 heterocycles. The second kappa shape index (κ2) is 9.58. The van der Waals surface area contributed by atoms with Crippen LogP contribution in [0.15, 0.2) is 24.3 Å². The molecule has 1 fully saturated rings. The van der Waals surface area contributed by atoms with Crippen molar-refractivity contribution in [2.75, 3.05) is 0 Å². The van der Waals surface area contributed by atoms with Crippen molar-refractivity contribution in [2.24, 2.45) is 5.73 Å². The predicted molar refractivity (Wildman–Crippen MR) is 115 cm³/mol. The number of nitrogens with two attached hydrogens (primary N) is 1. The predicted octanol–water partition coefficient (Wildman–Crippen LogP) is 3.58. The van der Waals surface area contributed by atoms with Gasteiger partial charge in [0.1, 0.15) is 11.6 Å². The molecule has 0 aromatic heterocycles. The van der Waals surface area contributed by atoms with Gasteiger partial charge in [-0.2, -0.15) is 0 Å². The number of benzene rings is 1. The number of urea groups is 1. The summed E-state index contributed by atoms with van der Waals surface area (Å²) in [6.45, 7) is 5.25. The Morgan fingerprint density at radius 2 is 1.79 bits per heavy atom. The monoisotopic (exact) mass is 501 g/mol. The van der Waals surface area contributed by atoms with E-state index in [4.69, 9.17) is 10.5 Å². The molecule has 0 radical (unpaired) electrons. The van der Waals surface area contributed by atoms with Crippen LogP contribution in [0.1, 0.15) is 52.0 Å². The number of carbonyl (C=O) groups is 3. The molecule has 1 saturated carbocycles. The summed E-state index contributed by atoms with van der Waals surface area (Å²) in [5, 5.41) is 2.63. The lowest BCUT2D eigenvalue weighted by molar-refractivity contribution is -0.119. The van der Waals surface area contributed by atoms with Gasteiger partial charge in [0, 0.05) is 16.0 Å². The number of nitrogens with one attached hydrogen (secondary N) is 1. The third-order valence-corrected chi connectivity index (χ3v) is 5.21. The van der Waals surface area contributed by atoms with Crippen molar-refractivity contribution in [3.63, 3.8) is 0 Å². The summed E-state index contributed by atoms with van der Waals surface area (Å²) in [6, 6.07) is 5.80. The number of rotatable bonds is 5. The summed E-state index contributed by atoms with van der Waals surface area (Å²) < 4.78 is 6.48. The molecule has 28 heavy (non-hydrogen) atoms. The van der Waals surface area contributed by atoms with Crippen molar-refractivity contribution < 1.29 is 19.1 Å². The van der Waals surface area contributed by atoms with E-state index in [1.54, 1.807) is 20.8 Å². The molecule has 1 aliphatic rings. The first-order chi connectivity index (χ1) is 13.1. The van der Waals surface area contributed by atoms with Crippen LogP contribution in [0.5, 0.6) is 0 Å². The zero-order chi connectivity index (χ0) is 20.9. The van der Waals surface area contributed by atoms with Gasteiger partial charge >= 0.3 is 12.1 Å². The summed E-state index contributed by atoms with van der Waals surface area (Å²) in [4.78, 5) is 38.6. The van der Waals surface area contributed by atoms with Gasteiger partial charge in [0.2, 0.25) is 5.91 Å². The minimum absolute atomic E-state index is 0.235. The van der Waals surface area contributed by atoms with E-state index in [2.05, 4.69) is 27.9 Å². The largest absolute Gasteiger partial charge is 0.443 e. The molecule has 7 nitrogen and oxygen atoms in total. The maximum atomic E-state index is 12.9. The summed E-state index contributed by atoms with van der Waals surface area (Å²) in [6.07, 6.45) is 2.90. The van der Waals surface area contributed by atoms with E-state index in [9.17, 15) is 14.4 Å². The lowest BCUT2D eigenvalue weighted by atomic mass is 10.1. The fourth-order valence-corrected chi connectivity index (χ4v) is 3.53. The fraction of sp³-hybridized carbons (Fsp3) is 0.550. The van der Waals surface area contributed by atoms with E-state index >= 15 is 0 Å². The summed E-state index contributed by atoms with van der Waals surface area (Å²) in [5.41, 5.74) is 5.65. The van der Waals surface area contributed by atoms with Gasteiger partial charge in [-0.1, -0.05) is 25.0 Å². The average Bonchev–Trinajstić information content (AvgIpc) is 3.08. The Morgan fingerprint density at radius 3 is 2.29 bits per heavy atom. The summed E-state index contributed by atoms with van der Waals surface area (Å²) >= 11 is 2.19. The molecule has 0 bridgehead atoms. The van der Waals surface area contributed by atoms with Crippen molar-refractivity contribution in [2.45, 2.75) is 70.6 Å². The molecule has 1 aromatic carbocycles. The van der Waals surface area contributed by atoms with Crippen LogP contribution in [-0.4, -0.2) is 40.6 Å². The molecule has 1 atom stereocenters. The molecule has 8 heteroatoms. The first-order valence-corrected chi connectivity index (χ1v) is 10.5. The Labute approximate surface area is 179 Å². The summed E-state index contributed by atoms with van der Waals surface area (Å²) in [5.74, 6) is -0.650. The first kappa shape index (κ1) is 22.4. The van der Waals surface area contributed by atoms with Crippen molar-refractivity contribution >= 4 is 40.6 Å². The van der Waals surface area contributed by atoms with E-state index in [0.717, 1.165) is 39.7 Å². The molecule has 0 unspecified atom stereocenters. The van der Waals surface area contributed by atoms with E-state index in [1.807, 2.05) is 24.3 Å². The number of hydrogen-bond donors (Lipinski definition) is 2. The second-order valence-electron chi connectivity index (χ2n) is 8.02. The molecule has 3 N–H and O–H groups in total. The lowest BCUT2D eigenvalue weighted by Crippen LogP contribution is -2.55. The van der Waals surface area contributed by atoms with Gasteiger partial charge in [0.15, 0.2) is 0 Å². The number of carbonyl (C=O) groups excluding carboxylic acids is 3. The van der Waals surface area contributed by atoms with Gasteiger partial charge in [0.05, 0.1) is 0 Å². The zero-order valence-electron chi connectivity index (χ0n) is 16.5. The normalized spacial score (nSPS) is 15.7. The molecule has 0 aliphatic heterocycles. The van der Waals surface area contributed by atoms with Crippen LogP contribution in [0.4, 0.5) is 9.59 Å². The number of hydrogen-bond acceptors (Lipinski definition) is 4. The molecule has 0 spiro atoms. The molecule has 154 valence electrons. The molecule has 1 aromatic rings. The van der Waals surface area contributed by atoms with Crippen LogP contribution < -0.4 is 11.1 Å². The Morgan fingerprint density at radius 1 is 1.21 bits per heavy atom. The average molecular weight is 501 g/mol. The van der Waals surface area contributed by atoms with Crippen LogP contribution >= 0.6 is 22.6 Å². The van der Waals surface area contributed by atoms with Gasteiger partial charge in [-0.05, 0) is 73.9 Å². The van der Waals surface area contributed by atoms with Crippen molar-refractivity contribution in [1.29, 1.82) is 0 Å². The maximum Gasteiger partial charge on any atom is 0.418 e. The molecule has 4 amide bonds. The van der Waals surface area contributed by atoms with Crippen LogP contribution in [0.2, 0.25) is 0 Å². The van der Waals surface area contributed by atoms with Crippen molar-refractivity contribution in [1.82, 2.24) is 10.2 Å². The molecule has 1 aliphatic carbocycles. The van der Waals surface area contributed by atoms with E-state index in [-0.39, 0.29) is 12.5 Å². The number of ether oxygens (including phenoxy) is 1. The minimum Gasteiger partial charge on any atom is -0.443 e. The van der Waals surface area contributed by atoms with Gasteiger partial charge in [-0.3, -0.25) is 4.79 Å². The second-order valence-corrected chi connectivity index (χ2v) is 9.27. The van der Waals surface area contributed by atoms with Gasteiger partial charge in [-0.25, -0.2) is 14.5 Å². The van der Waals surface area contributed by atoms with Crippen LogP contribution in [-0.2, 0) is 16.0 Å². The molecule has 2 rings (SSSR count). The number of primary amides is 1. The highest BCUT2D eigenvalue weighted by molar-refractivity contribution is 14.1. The molecular formula is C20H28IN3O4.